The van der Waals surface area contributed by atoms with E-state index in [0.29, 0.717) is 25.4 Å². The molecule has 7 nitrogen and oxygen atoms in total. The number of carboxylic acid groups (broad SMARTS) is 1. The van der Waals surface area contributed by atoms with E-state index in [-0.39, 0.29) is 25.4 Å². The van der Waals surface area contributed by atoms with E-state index in [1.165, 1.54) is 0 Å². The Labute approximate surface area is 139 Å². The summed E-state index contributed by atoms with van der Waals surface area (Å²) in [7, 11) is 1.58. The standard InChI is InChI=1S/C17H21NO6/c1-22-13-2-3-14-11(9-13)8-12(10-24-14)15(19)18-17(16(20)21)4-6-23-7-5-17/h2-3,9,12H,4-8,10H2,1H3,(H,18,19)(H,20,21). The van der Waals surface area contributed by atoms with Crippen molar-refractivity contribution in [3.63, 3.8) is 0 Å². The number of benzene rings is 1. The van der Waals surface area contributed by atoms with Crippen molar-refractivity contribution in [2.75, 3.05) is 26.9 Å². The third-order valence-corrected chi connectivity index (χ3v) is 4.66. The zero-order valence-electron chi connectivity index (χ0n) is 13.5. The molecule has 1 saturated heterocycles. The first-order valence-electron chi connectivity index (χ1n) is 7.97. The van der Waals surface area contributed by atoms with Crippen molar-refractivity contribution in [1.82, 2.24) is 5.32 Å². The normalized spacial score (nSPS) is 22.0. The van der Waals surface area contributed by atoms with Crippen molar-refractivity contribution in [3.05, 3.63) is 23.8 Å². The largest absolute Gasteiger partial charge is 0.497 e. The maximum atomic E-state index is 12.6. The lowest BCUT2D eigenvalue weighted by atomic mass is 9.88. The molecule has 3 rings (SSSR count). The monoisotopic (exact) mass is 335 g/mol. The molecule has 2 heterocycles. The lowest BCUT2D eigenvalue weighted by Crippen LogP contribution is -2.59. The van der Waals surface area contributed by atoms with Crippen LogP contribution < -0.4 is 14.8 Å². The van der Waals surface area contributed by atoms with Crippen LogP contribution in [0, 0.1) is 5.92 Å². The Morgan fingerprint density at radius 1 is 1.33 bits per heavy atom. The second kappa shape index (κ2) is 6.68. The summed E-state index contributed by atoms with van der Waals surface area (Å²) < 4.78 is 16.1. The molecule has 1 unspecified atom stereocenters. The molecule has 0 aromatic heterocycles. The van der Waals surface area contributed by atoms with E-state index in [2.05, 4.69) is 5.32 Å². The smallest absolute Gasteiger partial charge is 0.329 e. The fraction of sp³-hybridized carbons (Fsp3) is 0.529. The quantitative estimate of drug-likeness (QED) is 0.852. The Bertz CT molecular complexity index is 638. The first-order valence-corrected chi connectivity index (χ1v) is 7.97. The topological polar surface area (TPSA) is 94.1 Å². The maximum Gasteiger partial charge on any atom is 0.329 e. The van der Waals surface area contributed by atoms with Crippen molar-refractivity contribution in [2.45, 2.75) is 24.8 Å². The van der Waals surface area contributed by atoms with Crippen LogP contribution >= 0.6 is 0 Å². The van der Waals surface area contributed by atoms with Gasteiger partial charge in [0.15, 0.2) is 0 Å². The molecule has 2 aliphatic rings. The second-order valence-electron chi connectivity index (χ2n) is 6.17. The molecule has 0 spiro atoms. The van der Waals surface area contributed by atoms with Gasteiger partial charge in [0, 0.05) is 26.1 Å². The molecular formula is C17H21NO6. The van der Waals surface area contributed by atoms with Crippen LogP contribution in [0.4, 0.5) is 0 Å². The molecule has 2 aliphatic heterocycles. The van der Waals surface area contributed by atoms with Gasteiger partial charge in [-0.15, -0.1) is 0 Å². The minimum atomic E-state index is -1.25. The van der Waals surface area contributed by atoms with Gasteiger partial charge < -0.3 is 24.6 Å². The minimum Gasteiger partial charge on any atom is -0.497 e. The number of hydrogen-bond acceptors (Lipinski definition) is 5. The van der Waals surface area contributed by atoms with Gasteiger partial charge in [0.2, 0.25) is 5.91 Å². The van der Waals surface area contributed by atoms with E-state index in [4.69, 9.17) is 14.2 Å². The van der Waals surface area contributed by atoms with E-state index < -0.39 is 17.4 Å². The number of fused-ring (bicyclic) bond motifs is 1. The van der Waals surface area contributed by atoms with Gasteiger partial charge in [-0.1, -0.05) is 0 Å². The van der Waals surface area contributed by atoms with Crippen LogP contribution in [-0.4, -0.2) is 49.5 Å². The first-order chi connectivity index (χ1) is 11.5. The predicted molar refractivity (Wildman–Crippen MR) is 84.2 cm³/mol. The van der Waals surface area contributed by atoms with Crippen molar-refractivity contribution >= 4 is 11.9 Å². The number of amides is 1. The highest BCUT2D eigenvalue weighted by Gasteiger charge is 2.43. The number of rotatable bonds is 4. The molecule has 1 amide bonds. The molecule has 2 N–H and O–H groups in total. The van der Waals surface area contributed by atoms with E-state index in [1.807, 2.05) is 12.1 Å². The summed E-state index contributed by atoms with van der Waals surface area (Å²) in [4.78, 5) is 24.3. The molecule has 1 aromatic rings. The molecule has 130 valence electrons. The third kappa shape index (κ3) is 3.17. The molecule has 1 aromatic carbocycles. The number of nitrogens with one attached hydrogen (secondary N) is 1. The number of ether oxygens (including phenoxy) is 3. The van der Waals surface area contributed by atoms with E-state index in [0.717, 1.165) is 11.3 Å². The van der Waals surface area contributed by atoms with Crippen LogP contribution in [-0.2, 0) is 20.7 Å². The van der Waals surface area contributed by atoms with Crippen LogP contribution in [0.2, 0.25) is 0 Å². The first kappa shape index (κ1) is 16.6. The van der Waals surface area contributed by atoms with E-state index in [1.54, 1.807) is 13.2 Å². The highest BCUT2D eigenvalue weighted by Crippen LogP contribution is 2.31. The van der Waals surface area contributed by atoms with Gasteiger partial charge in [-0.3, -0.25) is 4.79 Å². The Morgan fingerprint density at radius 3 is 2.75 bits per heavy atom. The molecule has 0 aliphatic carbocycles. The molecule has 0 bridgehead atoms. The van der Waals surface area contributed by atoms with Crippen LogP contribution in [0.5, 0.6) is 11.5 Å². The average molecular weight is 335 g/mol. The summed E-state index contributed by atoms with van der Waals surface area (Å²) in [5.41, 5.74) is -0.360. The van der Waals surface area contributed by atoms with Crippen LogP contribution in [0.25, 0.3) is 0 Å². The van der Waals surface area contributed by atoms with Crippen LogP contribution in [0.3, 0.4) is 0 Å². The molecule has 1 fully saturated rings. The van der Waals surface area contributed by atoms with E-state index in [9.17, 15) is 14.7 Å². The Balaban J connectivity index is 1.72. The number of aliphatic carboxylic acids is 1. The SMILES string of the molecule is COc1ccc2c(c1)CC(C(=O)NC1(C(=O)O)CCOCC1)CO2. The lowest BCUT2D eigenvalue weighted by molar-refractivity contribution is -0.153. The van der Waals surface area contributed by atoms with Crippen molar-refractivity contribution in [3.8, 4) is 11.5 Å². The number of methoxy groups -OCH3 is 1. The molecule has 7 heteroatoms. The van der Waals surface area contributed by atoms with Crippen molar-refractivity contribution < 1.29 is 28.9 Å². The van der Waals surface area contributed by atoms with Gasteiger partial charge in [0.05, 0.1) is 13.0 Å². The van der Waals surface area contributed by atoms with Gasteiger partial charge in [-0.05, 0) is 30.2 Å². The number of carbonyl (C=O) groups is 2. The zero-order valence-corrected chi connectivity index (χ0v) is 13.5. The highest BCUT2D eigenvalue weighted by atomic mass is 16.5. The molecule has 0 radical (unpaired) electrons. The van der Waals surface area contributed by atoms with E-state index >= 15 is 0 Å². The second-order valence-corrected chi connectivity index (χ2v) is 6.17. The minimum absolute atomic E-state index is 0.233. The fourth-order valence-electron chi connectivity index (χ4n) is 3.12. The summed E-state index contributed by atoms with van der Waals surface area (Å²) in [6, 6.07) is 5.47. The zero-order chi connectivity index (χ0) is 17.2. The van der Waals surface area contributed by atoms with Gasteiger partial charge >= 0.3 is 5.97 Å². The molecule has 24 heavy (non-hydrogen) atoms. The Hall–Kier alpha value is -2.28. The van der Waals surface area contributed by atoms with Gasteiger partial charge in [-0.25, -0.2) is 4.79 Å². The van der Waals surface area contributed by atoms with Gasteiger partial charge in [0.1, 0.15) is 23.6 Å². The highest BCUT2D eigenvalue weighted by molar-refractivity contribution is 5.88. The predicted octanol–water partition coefficient (Wildman–Crippen LogP) is 0.996. The van der Waals surface area contributed by atoms with Crippen LogP contribution in [0.1, 0.15) is 18.4 Å². The molecular weight excluding hydrogens is 314 g/mol. The lowest BCUT2D eigenvalue weighted by Gasteiger charge is -2.35. The van der Waals surface area contributed by atoms with Crippen molar-refractivity contribution in [2.24, 2.45) is 5.92 Å². The van der Waals surface area contributed by atoms with Crippen LogP contribution in [0.15, 0.2) is 18.2 Å². The summed E-state index contributed by atoms with van der Waals surface area (Å²) >= 11 is 0. The summed E-state index contributed by atoms with van der Waals surface area (Å²) in [6.45, 7) is 0.888. The summed E-state index contributed by atoms with van der Waals surface area (Å²) in [6.07, 6.45) is 1.03. The number of carbonyl (C=O) groups excluding carboxylic acids is 1. The summed E-state index contributed by atoms with van der Waals surface area (Å²) in [5.74, 6) is -0.307. The average Bonchev–Trinajstić information content (AvgIpc) is 2.61. The fourth-order valence-corrected chi connectivity index (χ4v) is 3.12. The molecule has 1 atom stereocenters. The van der Waals surface area contributed by atoms with Gasteiger partial charge in [0.25, 0.3) is 0 Å². The molecule has 0 saturated carbocycles. The maximum absolute atomic E-state index is 12.6. The number of carboxylic acids is 1. The number of hydrogen-bond donors (Lipinski definition) is 2. The van der Waals surface area contributed by atoms with Gasteiger partial charge in [-0.2, -0.15) is 0 Å². The third-order valence-electron chi connectivity index (χ3n) is 4.66. The van der Waals surface area contributed by atoms with Crippen molar-refractivity contribution in [1.29, 1.82) is 0 Å². The Morgan fingerprint density at radius 2 is 2.08 bits per heavy atom. The Kier molecular flexibility index (Phi) is 4.62. The summed E-state index contributed by atoms with van der Waals surface area (Å²) in [5, 5.41) is 12.3.